The number of benzene rings is 2. The van der Waals surface area contributed by atoms with E-state index < -0.39 is 0 Å². The van der Waals surface area contributed by atoms with Crippen LogP contribution in [-0.4, -0.2) is 30.6 Å². The summed E-state index contributed by atoms with van der Waals surface area (Å²) in [4.78, 5) is 18.8. The molecular formula is C18H16ClN3O. The van der Waals surface area contributed by atoms with E-state index in [0.717, 1.165) is 16.8 Å². The molecule has 2 aromatic carbocycles. The summed E-state index contributed by atoms with van der Waals surface area (Å²) >= 11 is 6.15. The molecular weight excluding hydrogens is 310 g/mol. The van der Waals surface area contributed by atoms with Crippen molar-refractivity contribution in [3.63, 3.8) is 0 Å². The van der Waals surface area contributed by atoms with Crippen LogP contribution in [0, 0.1) is 0 Å². The average molecular weight is 326 g/mol. The van der Waals surface area contributed by atoms with E-state index in [0.29, 0.717) is 16.4 Å². The van der Waals surface area contributed by atoms with Crippen molar-refractivity contribution < 1.29 is 4.79 Å². The molecule has 0 unspecified atom stereocenters. The zero-order valence-electron chi connectivity index (χ0n) is 12.9. The maximum Gasteiger partial charge on any atom is 0.275 e. The summed E-state index contributed by atoms with van der Waals surface area (Å²) in [6, 6.07) is 15.1. The lowest BCUT2D eigenvalue weighted by atomic mass is 10.0. The van der Waals surface area contributed by atoms with E-state index in [4.69, 9.17) is 11.6 Å². The SMILES string of the molecule is CN(C)/C=C1/N=C(c2ccccc2)c2cc(Cl)ccc2NC1=O. The number of aliphatic imine (C=N–C) groups is 1. The fourth-order valence-corrected chi connectivity index (χ4v) is 2.56. The van der Waals surface area contributed by atoms with Crippen molar-refractivity contribution >= 4 is 28.9 Å². The van der Waals surface area contributed by atoms with Crippen LogP contribution in [0.5, 0.6) is 0 Å². The molecule has 1 aliphatic heterocycles. The molecule has 0 saturated carbocycles. The van der Waals surface area contributed by atoms with Crippen LogP contribution in [0.2, 0.25) is 5.02 Å². The summed E-state index contributed by atoms with van der Waals surface area (Å²) in [5, 5.41) is 3.50. The molecule has 0 fully saturated rings. The predicted octanol–water partition coefficient (Wildman–Crippen LogP) is 3.53. The zero-order chi connectivity index (χ0) is 16.4. The topological polar surface area (TPSA) is 44.7 Å². The van der Waals surface area contributed by atoms with E-state index in [9.17, 15) is 4.79 Å². The second-order valence-electron chi connectivity index (χ2n) is 5.45. The van der Waals surface area contributed by atoms with Gasteiger partial charge in [-0.3, -0.25) is 4.79 Å². The number of fused-ring (bicyclic) bond motifs is 1. The first-order valence-corrected chi connectivity index (χ1v) is 7.56. The van der Waals surface area contributed by atoms with Gasteiger partial charge < -0.3 is 10.2 Å². The first kappa shape index (κ1) is 15.3. The van der Waals surface area contributed by atoms with Crippen LogP contribution in [0.25, 0.3) is 0 Å². The fourth-order valence-electron chi connectivity index (χ4n) is 2.39. The van der Waals surface area contributed by atoms with E-state index in [1.165, 1.54) is 0 Å². The zero-order valence-corrected chi connectivity index (χ0v) is 13.6. The van der Waals surface area contributed by atoms with Gasteiger partial charge in [-0.2, -0.15) is 0 Å². The van der Waals surface area contributed by atoms with Crippen LogP contribution in [0.4, 0.5) is 5.69 Å². The molecule has 0 bridgehead atoms. The Morgan fingerprint density at radius 3 is 2.57 bits per heavy atom. The first-order chi connectivity index (χ1) is 11.0. The lowest BCUT2D eigenvalue weighted by Gasteiger charge is -2.10. The van der Waals surface area contributed by atoms with Crippen molar-refractivity contribution in [1.29, 1.82) is 0 Å². The first-order valence-electron chi connectivity index (χ1n) is 7.18. The number of carbonyl (C=O) groups excluding carboxylic acids is 1. The Bertz CT molecular complexity index is 810. The Labute approximate surface area is 140 Å². The van der Waals surface area contributed by atoms with E-state index in [-0.39, 0.29) is 5.91 Å². The van der Waals surface area contributed by atoms with Crippen molar-refractivity contribution in [2.45, 2.75) is 0 Å². The van der Waals surface area contributed by atoms with Crippen molar-refractivity contribution in [3.8, 4) is 0 Å². The third-order valence-corrected chi connectivity index (χ3v) is 3.61. The summed E-state index contributed by atoms with van der Waals surface area (Å²) in [5.41, 5.74) is 3.50. The molecule has 0 radical (unpaired) electrons. The summed E-state index contributed by atoms with van der Waals surface area (Å²) in [6.07, 6.45) is 1.70. The smallest absolute Gasteiger partial charge is 0.275 e. The standard InChI is InChI=1S/C18H16ClN3O/c1-22(2)11-16-18(23)21-15-9-8-13(19)10-14(15)17(20-16)12-6-4-3-5-7-12/h3-11H,1-2H3,(H,21,23)/b16-11+. The molecule has 1 N–H and O–H groups in total. The van der Waals surface area contributed by atoms with Gasteiger partial charge in [-0.15, -0.1) is 0 Å². The van der Waals surface area contributed by atoms with E-state index in [1.807, 2.05) is 50.5 Å². The molecule has 0 spiro atoms. The number of anilines is 1. The van der Waals surface area contributed by atoms with Gasteiger partial charge in [0.25, 0.3) is 5.91 Å². The third-order valence-electron chi connectivity index (χ3n) is 3.38. The van der Waals surface area contributed by atoms with Crippen LogP contribution in [0.15, 0.2) is 65.4 Å². The number of carbonyl (C=O) groups is 1. The Kier molecular flexibility index (Phi) is 4.17. The third kappa shape index (κ3) is 3.27. The van der Waals surface area contributed by atoms with Gasteiger partial charge in [0.2, 0.25) is 0 Å². The normalized spacial score (nSPS) is 15.5. The molecule has 4 nitrogen and oxygen atoms in total. The highest BCUT2D eigenvalue weighted by atomic mass is 35.5. The average Bonchev–Trinajstić information content (AvgIpc) is 2.65. The monoisotopic (exact) mass is 325 g/mol. The molecule has 1 aliphatic rings. The number of amides is 1. The van der Waals surface area contributed by atoms with Crippen LogP contribution < -0.4 is 5.32 Å². The second kappa shape index (κ2) is 6.26. The minimum atomic E-state index is -0.242. The Hall–Kier alpha value is -2.59. The maximum atomic E-state index is 12.4. The lowest BCUT2D eigenvalue weighted by molar-refractivity contribution is -0.112. The van der Waals surface area contributed by atoms with E-state index in [2.05, 4.69) is 10.3 Å². The van der Waals surface area contributed by atoms with Crippen LogP contribution in [-0.2, 0) is 4.79 Å². The molecule has 0 aliphatic carbocycles. The number of nitrogens with zero attached hydrogens (tertiary/aromatic N) is 2. The van der Waals surface area contributed by atoms with Gasteiger partial charge in [-0.05, 0) is 18.2 Å². The quantitative estimate of drug-likeness (QED) is 0.858. The Morgan fingerprint density at radius 1 is 1.13 bits per heavy atom. The van der Waals surface area contributed by atoms with Gasteiger partial charge in [0.1, 0.15) is 5.70 Å². The highest BCUT2D eigenvalue weighted by Gasteiger charge is 2.21. The second-order valence-corrected chi connectivity index (χ2v) is 5.88. The molecule has 1 heterocycles. The van der Waals surface area contributed by atoms with Crippen molar-refractivity contribution in [2.24, 2.45) is 4.99 Å². The van der Waals surface area contributed by atoms with Crippen molar-refractivity contribution in [1.82, 2.24) is 4.90 Å². The Balaban J connectivity index is 2.25. The largest absolute Gasteiger partial charge is 0.382 e. The molecule has 3 rings (SSSR count). The number of benzodiazepines with no additional fused rings is 1. The highest BCUT2D eigenvalue weighted by Crippen LogP contribution is 2.28. The number of halogens is 1. The predicted molar refractivity (Wildman–Crippen MR) is 93.9 cm³/mol. The van der Waals surface area contributed by atoms with Gasteiger partial charge in [0, 0.05) is 36.4 Å². The number of hydrogen-bond donors (Lipinski definition) is 1. The van der Waals surface area contributed by atoms with Gasteiger partial charge in [-0.25, -0.2) is 4.99 Å². The van der Waals surface area contributed by atoms with E-state index in [1.54, 1.807) is 23.2 Å². The summed E-state index contributed by atoms with van der Waals surface area (Å²) in [5.74, 6) is -0.242. The number of rotatable bonds is 2. The number of hydrogen-bond acceptors (Lipinski definition) is 3. The van der Waals surface area contributed by atoms with Gasteiger partial charge in [0.05, 0.1) is 11.4 Å². The minimum absolute atomic E-state index is 0.242. The van der Waals surface area contributed by atoms with E-state index >= 15 is 0 Å². The van der Waals surface area contributed by atoms with Crippen LogP contribution in [0.1, 0.15) is 11.1 Å². The molecule has 2 aromatic rings. The highest BCUT2D eigenvalue weighted by molar-refractivity contribution is 6.32. The Morgan fingerprint density at radius 2 is 1.87 bits per heavy atom. The molecule has 1 amide bonds. The van der Waals surface area contributed by atoms with Gasteiger partial charge in [0.15, 0.2) is 0 Å². The molecule has 0 aromatic heterocycles. The molecule has 23 heavy (non-hydrogen) atoms. The maximum absolute atomic E-state index is 12.4. The molecule has 0 atom stereocenters. The summed E-state index contributed by atoms with van der Waals surface area (Å²) in [7, 11) is 3.71. The minimum Gasteiger partial charge on any atom is -0.382 e. The molecule has 5 heteroatoms. The van der Waals surface area contributed by atoms with Gasteiger partial charge >= 0.3 is 0 Å². The van der Waals surface area contributed by atoms with Crippen LogP contribution in [0.3, 0.4) is 0 Å². The summed E-state index contributed by atoms with van der Waals surface area (Å²) < 4.78 is 0. The number of nitrogens with one attached hydrogen (secondary N) is 1. The van der Waals surface area contributed by atoms with Gasteiger partial charge in [-0.1, -0.05) is 41.9 Å². The lowest BCUT2D eigenvalue weighted by Crippen LogP contribution is -2.15. The fraction of sp³-hybridized carbons (Fsp3) is 0.111. The molecule has 0 saturated heterocycles. The van der Waals surface area contributed by atoms with Crippen molar-refractivity contribution in [3.05, 3.63) is 76.6 Å². The summed E-state index contributed by atoms with van der Waals surface area (Å²) in [6.45, 7) is 0. The molecule has 116 valence electrons. The van der Waals surface area contributed by atoms with Crippen LogP contribution >= 0.6 is 11.6 Å². The van der Waals surface area contributed by atoms with Crippen molar-refractivity contribution in [2.75, 3.05) is 19.4 Å².